The van der Waals surface area contributed by atoms with Gasteiger partial charge < -0.3 is 19.9 Å². The lowest BCUT2D eigenvalue weighted by atomic mass is 9.95. The number of hydrogen-bond donors (Lipinski definition) is 1. The Morgan fingerprint density at radius 3 is 2.41 bits per heavy atom. The molecule has 2 aromatic rings. The Balaban J connectivity index is 2.12. The highest BCUT2D eigenvalue weighted by Gasteiger charge is 2.46. The third-order valence-corrected chi connectivity index (χ3v) is 5.19. The summed E-state index contributed by atoms with van der Waals surface area (Å²) in [5.74, 6) is -3.17. The summed E-state index contributed by atoms with van der Waals surface area (Å²) in [7, 11) is 0. The highest BCUT2D eigenvalue weighted by atomic mass is 35.5. The first-order chi connectivity index (χ1) is 13.8. The molecule has 3 rings (SSSR count). The number of benzene rings is 2. The fraction of sp³-hybridized carbons (Fsp3) is 0.227. The largest absolute Gasteiger partial charge is 0.550 e. The second-order valence-corrected chi connectivity index (χ2v) is 7.26. The maximum atomic E-state index is 12.8. The van der Waals surface area contributed by atoms with Crippen LogP contribution < -0.4 is 5.11 Å². The van der Waals surface area contributed by atoms with Crippen LogP contribution in [0.4, 0.5) is 0 Å². The molecule has 2 aromatic carbocycles. The first-order valence-corrected chi connectivity index (χ1v) is 9.48. The number of rotatable bonds is 6. The van der Waals surface area contributed by atoms with E-state index in [-0.39, 0.29) is 30.7 Å². The number of aliphatic carboxylic acids is 1. The molecule has 7 heteroatoms. The van der Waals surface area contributed by atoms with Crippen molar-refractivity contribution in [3.05, 3.63) is 75.8 Å². The summed E-state index contributed by atoms with van der Waals surface area (Å²) < 4.78 is 0. The van der Waals surface area contributed by atoms with E-state index in [1.807, 2.05) is 6.92 Å². The number of nitrogens with zero attached hydrogens (tertiary/aromatic N) is 1. The first kappa shape index (κ1) is 20.6. The number of ketones is 1. The van der Waals surface area contributed by atoms with Gasteiger partial charge in [0, 0.05) is 23.1 Å². The van der Waals surface area contributed by atoms with Crippen LogP contribution in [-0.2, 0) is 14.4 Å². The maximum Gasteiger partial charge on any atom is 0.295 e. The van der Waals surface area contributed by atoms with Crippen molar-refractivity contribution in [2.24, 2.45) is 0 Å². The summed E-state index contributed by atoms with van der Waals surface area (Å²) in [6.45, 7) is 1.91. The summed E-state index contributed by atoms with van der Waals surface area (Å²) >= 11 is 6.33. The monoisotopic (exact) mass is 412 g/mol. The van der Waals surface area contributed by atoms with Crippen molar-refractivity contribution in [3.8, 4) is 0 Å². The van der Waals surface area contributed by atoms with Gasteiger partial charge >= 0.3 is 0 Å². The number of aliphatic hydroxyl groups excluding tert-OH is 1. The quantitative estimate of drug-likeness (QED) is 0.446. The first-order valence-electron chi connectivity index (χ1n) is 9.11. The molecule has 1 amide bonds. The second kappa shape index (κ2) is 8.49. The topological polar surface area (TPSA) is 97.7 Å². The number of aliphatic hydroxyl groups is 1. The minimum absolute atomic E-state index is 0.0130. The molecule has 150 valence electrons. The van der Waals surface area contributed by atoms with E-state index in [2.05, 4.69) is 0 Å². The Hall–Kier alpha value is -3.12. The molecule has 0 bridgehead atoms. The molecule has 1 N–H and O–H groups in total. The van der Waals surface area contributed by atoms with Crippen molar-refractivity contribution in [3.63, 3.8) is 0 Å². The van der Waals surface area contributed by atoms with Gasteiger partial charge in [0.15, 0.2) is 0 Å². The third kappa shape index (κ3) is 4.17. The average Bonchev–Trinajstić information content (AvgIpc) is 2.93. The van der Waals surface area contributed by atoms with Gasteiger partial charge in [-0.1, -0.05) is 59.6 Å². The summed E-state index contributed by atoms with van der Waals surface area (Å²) in [6, 6.07) is 12.7. The molecule has 0 spiro atoms. The standard InChI is InChI=1S/C22H20ClNO5/c1-13-8-10-14(11-9-13)20(27)18-19(15-5-2-3-6-16(15)23)24(22(29)21(18)28)12-4-7-17(25)26/h2-3,5-6,8-11,19,27H,4,7,12H2,1H3,(H,25,26)/p-1/t19-/m0/s1. The smallest absolute Gasteiger partial charge is 0.295 e. The van der Waals surface area contributed by atoms with Gasteiger partial charge in [0.05, 0.1) is 11.6 Å². The minimum Gasteiger partial charge on any atom is -0.550 e. The number of likely N-dealkylation sites (tertiary alicyclic amines) is 1. The Bertz CT molecular complexity index is 997. The number of amides is 1. The zero-order chi connectivity index (χ0) is 21.1. The molecule has 1 saturated heterocycles. The van der Waals surface area contributed by atoms with Gasteiger partial charge in [-0.05, 0) is 31.4 Å². The highest BCUT2D eigenvalue weighted by Crippen LogP contribution is 2.41. The summed E-state index contributed by atoms with van der Waals surface area (Å²) in [5.41, 5.74) is 1.79. The summed E-state index contributed by atoms with van der Waals surface area (Å²) in [4.78, 5) is 37.5. The molecule has 0 radical (unpaired) electrons. The van der Waals surface area contributed by atoms with Crippen molar-refractivity contribution in [1.29, 1.82) is 0 Å². The van der Waals surface area contributed by atoms with E-state index >= 15 is 0 Å². The van der Waals surface area contributed by atoms with E-state index in [4.69, 9.17) is 11.6 Å². The molecule has 1 aliphatic heterocycles. The van der Waals surface area contributed by atoms with E-state index in [0.717, 1.165) is 5.56 Å². The number of Topliss-reactive ketones (excluding diaryl/α,β-unsaturated/α-hetero) is 1. The van der Waals surface area contributed by atoms with Crippen LogP contribution >= 0.6 is 11.6 Å². The van der Waals surface area contributed by atoms with Crippen LogP contribution in [0.25, 0.3) is 5.76 Å². The number of carbonyl (C=O) groups excluding carboxylic acids is 3. The van der Waals surface area contributed by atoms with Crippen molar-refractivity contribution >= 4 is 35.0 Å². The van der Waals surface area contributed by atoms with Crippen molar-refractivity contribution < 1.29 is 24.6 Å². The maximum absolute atomic E-state index is 12.8. The van der Waals surface area contributed by atoms with Gasteiger partial charge in [0.2, 0.25) is 0 Å². The van der Waals surface area contributed by atoms with Gasteiger partial charge in [0.25, 0.3) is 11.7 Å². The van der Waals surface area contributed by atoms with Gasteiger partial charge in [-0.3, -0.25) is 9.59 Å². The van der Waals surface area contributed by atoms with Crippen molar-refractivity contribution in [2.75, 3.05) is 6.54 Å². The molecular weight excluding hydrogens is 394 g/mol. The average molecular weight is 413 g/mol. The highest BCUT2D eigenvalue weighted by molar-refractivity contribution is 6.47. The van der Waals surface area contributed by atoms with Crippen LogP contribution in [0.1, 0.15) is 35.6 Å². The van der Waals surface area contributed by atoms with E-state index < -0.39 is 23.7 Å². The van der Waals surface area contributed by atoms with Gasteiger partial charge in [-0.15, -0.1) is 0 Å². The SMILES string of the molecule is Cc1ccc(C(O)=C2C(=O)C(=O)N(CCCC(=O)[O-])[C@H]2c2ccccc2Cl)cc1. The number of aryl methyl sites for hydroxylation is 1. The Morgan fingerprint density at radius 1 is 1.14 bits per heavy atom. The molecule has 0 aliphatic carbocycles. The predicted octanol–water partition coefficient (Wildman–Crippen LogP) is 2.60. The molecule has 0 unspecified atom stereocenters. The van der Waals surface area contributed by atoms with Gasteiger partial charge in [0.1, 0.15) is 5.76 Å². The molecular formula is C22H19ClNO5-. The van der Waals surface area contributed by atoms with Crippen LogP contribution in [0.5, 0.6) is 0 Å². The van der Waals surface area contributed by atoms with Gasteiger partial charge in [-0.2, -0.15) is 0 Å². The van der Waals surface area contributed by atoms with Crippen LogP contribution in [0.3, 0.4) is 0 Å². The van der Waals surface area contributed by atoms with Crippen LogP contribution in [0, 0.1) is 6.92 Å². The number of carbonyl (C=O) groups is 3. The zero-order valence-corrected chi connectivity index (χ0v) is 16.5. The minimum atomic E-state index is -1.24. The van der Waals surface area contributed by atoms with Gasteiger partial charge in [-0.25, -0.2) is 0 Å². The fourth-order valence-corrected chi connectivity index (χ4v) is 3.63. The molecule has 1 heterocycles. The Labute approximate surface area is 173 Å². The van der Waals surface area contributed by atoms with E-state index in [1.54, 1.807) is 48.5 Å². The molecule has 1 fully saturated rings. The number of carboxylic acids is 1. The lowest BCUT2D eigenvalue weighted by Crippen LogP contribution is -2.32. The van der Waals surface area contributed by atoms with E-state index in [0.29, 0.717) is 16.1 Å². The van der Waals surface area contributed by atoms with Crippen molar-refractivity contribution in [1.82, 2.24) is 4.90 Å². The molecule has 0 aromatic heterocycles. The lowest BCUT2D eigenvalue weighted by molar-refractivity contribution is -0.305. The third-order valence-electron chi connectivity index (χ3n) is 4.84. The molecule has 29 heavy (non-hydrogen) atoms. The van der Waals surface area contributed by atoms with Crippen molar-refractivity contribution in [2.45, 2.75) is 25.8 Å². The van der Waals surface area contributed by atoms with Crippen LogP contribution in [-0.4, -0.2) is 34.2 Å². The molecule has 0 saturated carbocycles. The van der Waals surface area contributed by atoms with Crippen LogP contribution in [0.15, 0.2) is 54.1 Å². The van der Waals surface area contributed by atoms with E-state index in [1.165, 1.54) is 4.90 Å². The second-order valence-electron chi connectivity index (χ2n) is 6.86. The molecule has 1 atom stereocenters. The molecule has 6 nitrogen and oxygen atoms in total. The number of hydrogen-bond acceptors (Lipinski definition) is 5. The number of carboxylic acid groups (broad SMARTS) is 1. The normalized spacial score (nSPS) is 18.3. The number of halogens is 1. The summed E-state index contributed by atoms with van der Waals surface area (Å²) in [6.07, 6.45) is -0.142. The lowest BCUT2D eigenvalue weighted by Gasteiger charge is -2.26. The Kier molecular flexibility index (Phi) is 6.03. The predicted molar refractivity (Wildman–Crippen MR) is 106 cm³/mol. The van der Waals surface area contributed by atoms with E-state index in [9.17, 15) is 24.6 Å². The van der Waals surface area contributed by atoms with Crippen LogP contribution in [0.2, 0.25) is 5.02 Å². The Morgan fingerprint density at radius 2 is 1.79 bits per heavy atom. The fourth-order valence-electron chi connectivity index (χ4n) is 3.39. The molecule has 1 aliphatic rings. The zero-order valence-electron chi connectivity index (χ0n) is 15.7. The summed E-state index contributed by atoms with van der Waals surface area (Å²) in [5, 5.41) is 22.0.